The zero-order valence-electron chi connectivity index (χ0n) is 12.8. The maximum Gasteiger partial charge on any atom is 0.400 e. The van der Waals surface area contributed by atoms with Gasteiger partial charge in [-0.05, 0) is 19.4 Å². The van der Waals surface area contributed by atoms with E-state index in [-0.39, 0.29) is 18.8 Å². The third kappa shape index (κ3) is 3.95. The molecule has 0 bridgehead atoms. The van der Waals surface area contributed by atoms with E-state index >= 15 is 8.78 Å². The lowest BCUT2D eigenvalue weighted by atomic mass is 9.88. The third-order valence-electron chi connectivity index (χ3n) is 3.11. The van der Waals surface area contributed by atoms with Crippen LogP contribution in [0.3, 0.4) is 0 Å². The molecule has 0 radical (unpaired) electrons. The molecule has 0 aromatic heterocycles. The average Bonchev–Trinajstić information content (AvgIpc) is 2.53. The Labute approximate surface area is 134 Å². The molecule has 0 saturated carbocycles. The average molecular weight is 342 g/mol. The summed E-state index contributed by atoms with van der Waals surface area (Å²) in [5, 5.41) is 18.1. The molecule has 1 atom stereocenters. The lowest BCUT2D eigenvalue weighted by Gasteiger charge is -2.32. The van der Waals surface area contributed by atoms with Gasteiger partial charge in [-0.1, -0.05) is 30.3 Å². The first-order chi connectivity index (χ1) is 10.9. The Kier molecular flexibility index (Phi) is 6.84. The lowest BCUT2D eigenvalue weighted by Crippen LogP contribution is -2.33. The number of nitrogens with zero attached hydrogens (tertiary/aromatic N) is 2. The van der Waals surface area contributed by atoms with E-state index in [1.165, 1.54) is 50.3 Å². The molecular formula is C15H17F2N2O3P. The van der Waals surface area contributed by atoms with E-state index in [1.807, 2.05) is 0 Å². The Balaban J connectivity index is 3.48. The van der Waals surface area contributed by atoms with Crippen molar-refractivity contribution >= 4 is 7.60 Å². The lowest BCUT2D eigenvalue weighted by molar-refractivity contribution is 0.00892. The van der Waals surface area contributed by atoms with Gasteiger partial charge < -0.3 is 9.05 Å². The summed E-state index contributed by atoms with van der Waals surface area (Å²) >= 11 is 0. The summed E-state index contributed by atoms with van der Waals surface area (Å²) in [5.41, 5.74) is -4.01. The van der Waals surface area contributed by atoms with E-state index < -0.39 is 25.1 Å². The van der Waals surface area contributed by atoms with Crippen LogP contribution < -0.4 is 0 Å². The van der Waals surface area contributed by atoms with Gasteiger partial charge in [-0.3, -0.25) is 4.57 Å². The fourth-order valence-electron chi connectivity index (χ4n) is 2.15. The first-order valence-electron chi connectivity index (χ1n) is 6.99. The number of nitriles is 2. The van der Waals surface area contributed by atoms with Crippen LogP contribution in [0.4, 0.5) is 8.78 Å². The zero-order valence-corrected chi connectivity index (χ0v) is 13.7. The first-order valence-corrected chi connectivity index (χ1v) is 8.53. The van der Waals surface area contributed by atoms with Gasteiger partial charge in [-0.25, -0.2) is 0 Å². The van der Waals surface area contributed by atoms with Crippen LogP contribution in [0, 0.1) is 28.6 Å². The van der Waals surface area contributed by atoms with Crippen LogP contribution in [0.15, 0.2) is 30.3 Å². The van der Waals surface area contributed by atoms with Crippen LogP contribution in [0.25, 0.3) is 0 Å². The second-order valence-electron chi connectivity index (χ2n) is 4.55. The Morgan fingerprint density at radius 3 is 2.00 bits per heavy atom. The highest BCUT2D eigenvalue weighted by atomic mass is 31.2. The van der Waals surface area contributed by atoms with Gasteiger partial charge in [0.1, 0.15) is 5.92 Å². The van der Waals surface area contributed by atoms with Gasteiger partial charge in [0.25, 0.3) is 0 Å². The highest BCUT2D eigenvalue weighted by Crippen LogP contribution is 2.67. The minimum atomic E-state index is -4.86. The molecule has 8 heteroatoms. The molecule has 1 rings (SSSR count). The van der Waals surface area contributed by atoms with Crippen molar-refractivity contribution in [1.29, 1.82) is 10.5 Å². The van der Waals surface area contributed by atoms with Gasteiger partial charge in [0.2, 0.25) is 0 Å². The van der Waals surface area contributed by atoms with Gasteiger partial charge in [0, 0.05) is 0 Å². The summed E-state index contributed by atoms with van der Waals surface area (Å²) in [5.74, 6) is -3.63. The summed E-state index contributed by atoms with van der Waals surface area (Å²) < 4.78 is 52.1. The van der Waals surface area contributed by atoms with E-state index in [0.29, 0.717) is 0 Å². The minimum Gasteiger partial charge on any atom is -0.305 e. The molecule has 0 saturated heterocycles. The molecule has 0 aliphatic rings. The second kappa shape index (κ2) is 8.17. The number of benzene rings is 1. The normalized spacial score (nSPS) is 13.3. The molecule has 0 heterocycles. The van der Waals surface area contributed by atoms with E-state index in [0.717, 1.165) is 0 Å². The van der Waals surface area contributed by atoms with Gasteiger partial charge >= 0.3 is 13.3 Å². The smallest absolute Gasteiger partial charge is 0.305 e. The Hall–Kier alpha value is -1.79. The molecule has 0 unspecified atom stereocenters. The van der Waals surface area contributed by atoms with Crippen molar-refractivity contribution in [3.8, 4) is 12.1 Å². The van der Waals surface area contributed by atoms with Crippen LogP contribution in [-0.4, -0.2) is 18.9 Å². The Morgan fingerprint density at radius 1 is 1.13 bits per heavy atom. The van der Waals surface area contributed by atoms with Crippen molar-refractivity contribution in [1.82, 2.24) is 0 Å². The zero-order chi connectivity index (χ0) is 17.5. The maximum absolute atomic E-state index is 15.0. The second-order valence-corrected chi connectivity index (χ2v) is 6.65. The van der Waals surface area contributed by atoms with Gasteiger partial charge in [-0.2, -0.15) is 19.3 Å². The Morgan fingerprint density at radius 2 is 1.61 bits per heavy atom. The molecular weight excluding hydrogens is 325 g/mol. The van der Waals surface area contributed by atoms with E-state index in [9.17, 15) is 4.57 Å². The predicted octanol–water partition coefficient (Wildman–Crippen LogP) is 4.29. The summed E-state index contributed by atoms with van der Waals surface area (Å²) in [6, 6.07) is 10.4. The van der Waals surface area contributed by atoms with Crippen LogP contribution in [0.2, 0.25) is 0 Å². The molecule has 0 N–H and O–H groups in total. The van der Waals surface area contributed by atoms with Crippen molar-refractivity contribution < 1.29 is 22.4 Å². The monoisotopic (exact) mass is 342 g/mol. The summed E-state index contributed by atoms with van der Waals surface area (Å²) in [4.78, 5) is 0. The van der Waals surface area contributed by atoms with E-state index in [4.69, 9.17) is 19.6 Å². The maximum atomic E-state index is 15.0. The molecule has 1 aromatic rings. The molecule has 0 fully saturated rings. The SMILES string of the molecule is CCOP(=O)(OCC)C(F)(F)[C@H](c1ccccc1)C(C#N)C#N. The van der Waals surface area contributed by atoms with Crippen molar-refractivity contribution in [2.24, 2.45) is 5.92 Å². The highest BCUT2D eigenvalue weighted by Gasteiger charge is 2.61. The summed E-state index contributed by atoms with van der Waals surface area (Å²) in [6.45, 7) is 2.31. The van der Waals surface area contributed by atoms with Crippen LogP contribution in [-0.2, 0) is 13.6 Å². The third-order valence-corrected chi connectivity index (χ3v) is 5.31. The molecule has 0 aliphatic carbocycles. The number of halogens is 2. The standard InChI is InChI=1S/C15H17F2N2O3P/c1-3-21-23(20,22-4-2)15(16,17)14(13(10-18)11-19)12-8-6-5-7-9-12/h5-9,13-14H,3-4H2,1-2H3/t14-/m1/s1. The van der Waals surface area contributed by atoms with Gasteiger partial charge in [0.15, 0.2) is 0 Å². The number of rotatable bonds is 8. The fourth-order valence-corrected chi connectivity index (χ4v) is 3.89. The van der Waals surface area contributed by atoms with Crippen molar-refractivity contribution in [3.63, 3.8) is 0 Å². The van der Waals surface area contributed by atoms with Crippen LogP contribution in [0.5, 0.6) is 0 Å². The largest absolute Gasteiger partial charge is 0.400 e. The van der Waals surface area contributed by atoms with Gasteiger partial charge in [-0.15, -0.1) is 0 Å². The number of alkyl halides is 2. The molecule has 5 nitrogen and oxygen atoms in total. The van der Waals surface area contributed by atoms with Crippen molar-refractivity contribution in [2.45, 2.75) is 25.4 Å². The van der Waals surface area contributed by atoms with E-state index in [2.05, 4.69) is 0 Å². The summed E-state index contributed by atoms with van der Waals surface area (Å²) in [6.07, 6.45) is 0. The van der Waals surface area contributed by atoms with Crippen molar-refractivity contribution in [2.75, 3.05) is 13.2 Å². The molecule has 1 aromatic carbocycles. The molecule has 124 valence electrons. The quantitative estimate of drug-likeness (QED) is 0.658. The highest BCUT2D eigenvalue weighted by molar-refractivity contribution is 7.55. The molecule has 0 aliphatic heterocycles. The molecule has 0 spiro atoms. The topological polar surface area (TPSA) is 83.1 Å². The molecule has 23 heavy (non-hydrogen) atoms. The van der Waals surface area contributed by atoms with Crippen LogP contribution >= 0.6 is 7.60 Å². The fraction of sp³-hybridized carbons (Fsp3) is 0.467. The first kappa shape index (κ1) is 19.3. The molecule has 0 amide bonds. The van der Waals surface area contributed by atoms with Crippen LogP contribution in [0.1, 0.15) is 25.3 Å². The number of hydrogen-bond acceptors (Lipinski definition) is 5. The van der Waals surface area contributed by atoms with Crippen molar-refractivity contribution in [3.05, 3.63) is 35.9 Å². The number of hydrogen-bond donors (Lipinski definition) is 0. The van der Waals surface area contributed by atoms with E-state index in [1.54, 1.807) is 6.07 Å². The summed E-state index contributed by atoms with van der Waals surface area (Å²) in [7, 11) is -4.86. The Bertz CT molecular complexity index is 616. The minimum absolute atomic E-state index is 0.0187. The van der Waals surface area contributed by atoms with Gasteiger partial charge in [0.05, 0.1) is 31.3 Å². The predicted molar refractivity (Wildman–Crippen MR) is 79.7 cm³/mol.